The second-order valence-corrected chi connectivity index (χ2v) is 7.21. The van der Waals surface area contributed by atoms with E-state index in [0.717, 1.165) is 12.1 Å². The number of hydrazine groups is 1. The largest absolute Gasteiger partial charge is 0.295 e. The fourth-order valence-electron chi connectivity index (χ4n) is 2.18. The highest BCUT2D eigenvalue weighted by Crippen LogP contribution is 2.18. The molecule has 1 heterocycles. The number of rotatable bonds is 5. The van der Waals surface area contributed by atoms with Crippen molar-refractivity contribution in [2.75, 3.05) is 0 Å². The number of carbonyl (C=O) groups is 1. The highest BCUT2D eigenvalue weighted by Gasteiger charge is 2.21. The topological polar surface area (TPSA) is 93.1 Å². The van der Waals surface area contributed by atoms with Gasteiger partial charge in [-0.15, -0.1) is 4.83 Å². The van der Waals surface area contributed by atoms with Crippen molar-refractivity contribution in [2.24, 2.45) is 0 Å². The molecule has 26 heavy (non-hydrogen) atoms. The van der Waals surface area contributed by atoms with Gasteiger partial charge in [0.15, 0.2) is 0 Å². The van der Waals surface area contributed by atoms with E-state index in [1.807, 2.05) is 16.3 Å². The molecule has 3 aromatic rings. The summed E-state index contributed by atoms with van der Waals surface area (Å²) in [4.78, 5) is 17.4. The van der Waals surface area contributed by atoms with Gasteiger partial charge >= 0.3 is 0 Å². The molecule has 0 aliphatic heterocycles. The summed E-state index contributed by atoms with van der Waals surface area (Å²) in [6.07, 6.45) is 2.69. The second kappa shape index (κ2) is 7.24. The van der Waals surface area contributed by atoms with Crippen LogP contribution in [-0.2, 0) is 10.0 Å². The molecule has 0 bridgehead atoms. The van der Waals surface area contributed by atoms with Gasteiger partial charge in [0, 0.05) is 10.7 Å². The number of hydrogen-bond donors (Lipinski definition) is 2. The third-order valence-corrected chi connectivity index (χ3v) is 4.90. The summed E-state index contributed by atoms with van der Waals surface area (Å²) in [5.41, 5.74) is 2.80. The molecule has 0 unspecified atom stereocenters. The Morgan fingerprint density at radius 1 is 1.15 bits per heavy atom. The van der Waals surface area contributed by atoms with Gasteiger partial charge in [-0.1, -0.05) is 29.8 Å². The fourth-order valence-corrected chi connectivity index (χ4v) is 3.24. The molecule has 0 aliphatic carbocycles. The zero-order chi connectivity index (χ0) is 18.7. The van der Waals surface area contributed by atoms with E-state index in [0.29, 0.717) is 5.69 Å². The number of aromatic nitrogens is 2. The summed E-state index contributed by atoms with van der Waals surface area (Å²) in [5, 5.41) is 0.0530. The lowest BCUT2D eigenvalue weighted by Crippen LogP contribution is -2.42. The third-order valence-electron chi connectivity index (χ3n) is 3.39. The predicted molar refractivity (Wildman–Crippen MR) is 92.8 cm³/mol. The lowest BCUT2D eigenvalue weighted by molar-refractivity contribution is 0.0938. The highest BCUT2D eigenvalue weighted by atomic mass is 35.5. The van der Waals surface area contributed by atoms with Crippen LogP contribution < -0.4 is 10.3 Å². The van der Waals surface area contributed by atoms with Gasteiger partial charge < -0.3 is 0 Å². The first-order chi connectivity index (χ1) is 12.4. The second-order valence-electron chi connectivity index (χ2n) is 5.12. The van der Waals surface area contributed by atoms with Crippen molar-refractivity contribution in [2.45, 2.75) is 4.90 Å². The predicted octanol–water partition coefficient (Wildman–Crippen LogP) is 2.29. The van der Waals surface area contributed by atoms with Gasteiger partial charge in [-0.2, -0.15) is 0 Å². The van der Waals surface area contributed by atoms with Gasteiger partial charge in [0.25, 0.3) is 15.9 Å². The molecular weight excluding hydrogens is 383 g/mol. The van der Waals surface area contributed by atoms with E-state index in [4.69, 9.17) is 11.6 Å². The maximum atomic E-state index is 13.8. The van der Waals surface area contributed by atoms with Crippen LogP contribution in [0.4, 0.5) is 4.39 Å². The van der Waals surface area contributed by atoms with Crippen LogP contribution in [0.15, 0.2) is 66.0 Å². The Balaban J connectivity index is 1.79. The molecule has 0 spiro atoms. The smallest absolute Gasteiger partial charge is 0.284 e. The number of para-hydroxylation sites is 1. The van der Waals surface area contributed by atoms with E-state index in [1.54, 1.807) is 24.3 Å². The number of nitrogens with zero attached hydrogens (tertiary/aromatic N) is 2. The third kappa shape index (κ3) is 3.74. The number of hydrogen-bond acceptors (Lipinski definition) is 4. The van der Waals surface area contributed by atoms with Crippen LogP contribution in [0.1, 0.15) is 10.5 Å². The average Bonchev–Trinajstić information content (AvgIpc) is 3.10. The highest BCUT2D eigenvalue weighted by molar-refractivity contribution is 7.89. The number of halogens is 2. The molecule has 0 saturated carbocycles. The van der Waals surface area contributed by atoms with Crippen molar-refractivity contribution in [3.63, 3.8) is 0 Å². The summed E-state index contributed by atoms with van der Waals surface area (Å²) < 4.78 is 39.6. The quantitative estimate of drug-likeness (QED) is 0.649. The first-order valence-electron chi connectivity index (χ1n) is 7.23. The number of sulfonamides is 1. The average molecular weight is 395 g/mol. The molecule has 0 atom stereocenters. The molecule has 134 valence electrons. The maximum Gasteiger partial charge on any atom is 0.284 e. The Kier molecular flexibility index (Phi) is 5.03. The number of carbonyl (C=O) groups excluding carboxylic acids is 1. The Labute approximate surface area is 153 Å². The van der Waals surface area contributed by atoms with E-state index in [-0.39, 0.29) is 10.7 Å². The van der Waals surface area contributed by atoms with Gasteiger partial charge in [-0.3, -0.25) is 14.8 Å². The van der Waals surface area contributed by atoms with Crippen LogP contribution in [0.2, 0.25) is 5.02 Å². The minimum atomic E-state index is -4.32. The molecule has 10 heteroatoms. The molecule has 0 fully saturated rings. The van der Waals surface area contributed by atoms with E-state index < -0.39 is 26.6 Å². The van der Waals surface area contributed by atoms with Gasteiger partial charge in [0.05, 0.1) is 12.5 Å². The standard InChI is InChI=1S/C16H12ClFN4O3S/c17-11-6-7-15(13(18)8-11)26(24,25)21-20-16(23)14-9-19-10-22(14)12-4-2-1-3-5-12/h1-10,21H,(H,20,23). The Bertz CT molecular complexity index is 1050. The minimum absolute atomic E-state index is 0.0530. The molecule has 3 rings (SSSR count). The van der Waals surface area contributed by atoms with E-state index in [2.05, 4.69) is 4.98 Å². The lowest BCUT2D eigenvalue weighted by atomic mass is 10.3. The zero-order valence-corrected chi connectivity index (χ0v) is 14.6. The van der Waals surface area contributed by atoms with Crippen molar-refractivity contribution in [3.8, 4) is 5.69 Å². The van der Waals surface area contributed by atoms with Gasteiger partial charge in [0.2, 0.25) is 0 Å². The number of nitrogens with one attached hydrogen (secondary N) is 2. The Morgan fingerprint density at radius 2 is 1.88 bits per heavy atom. The number of amides is 1. The first kappa shape index (κ1) is 18.1. The molecular formula is C16H12ClFN4O3S. The summed E-state index contributed by atoms with van der Waals surface area (Å²) in [7, 11) is -4.32. The van der Waals surface area contributed by atoms with E-state index >= 15 is 0 Å². The number of benzene rings is 2. The van der Waals surface area contributed by atoms with E-state index in [9.17, 15) is 17.6 Å². The minimum Gasteiger partial charge on any atom is -0.295 e. The Hall–Kier alpha value is -2.75. The van der Waals surface area contributed by atoms with Crippen molar-refractivity contribution in [1.29, 1.82) is 0 Å². The first-order valence-corrected chi connectivity index (χ1v) is 9.09. The van der Waals surface area contributed by atoms with Crippen LogP contribution in [0.3, 0.4) is 0 Å². The molecule has 0 aliphatic rings. The van der Waals surface area contributed by atoms with Crippen LogP contribution in [0.5, 0.6) is 0 Å². The molecule has 0 saturated heterocycles. The van der Waals surface area contributed by atoms with Crippen LogP contribution in [0.25, 0.3) is 5.69 Å². The summed E-state index contributed by atoms with van der Waals surface area (Å²) in [5.74, 6) is -1.79. The van der Waals surface area contributed by atoms with Crippen LogP contribution in [0, 0.1) is 5.82 Å². The molecule has 1 amide bonds. The SMILES string of the molecule is O=C(NNS(=O)(=O)c1ccc(Cl)cc1F)c1cncn1-c1ccccc1. The normalized spacial score (nSPS) is 11.3. The molecule has 7 nitrogen and oxygen atoms in total. The number of imidazole rings is 1. The Morgan fingerprint density at radius 3 is 2.58 bits per heavy atom. The van der Waals surface area contributed by atoms with Crippen molar-refractivity contribution in [3.05, 3.63) is 77.6 Å². The van der Waals surface area contributed by atoms with E-state index in [1.165, 1.54) is 23.2 Å². The molecule has 2 N–H and O–H groups in total. The lowest BCUT2D eigenvalue weighted by Gasteiger charge is -2.11. The van der Waals surface area contributed by atoms with Crippen LogP contribution >= 0.6 is 11.6 Å². The van der Waals surface area contributed by atoms with Gasteiger partial charge in [-0.05, 0) is 30.3 Å². The van der Waals surface area contributed by atoms with Gasteiger partial charge in [0.1, 0.15) is 16.4 Å². The fraction of sp³-hybridized carbons (Fsp3) is 0. The zero-order valence-electron chi connectivity index (χ0n) is 13.1. The summed E-state index contributed by atoms with van der Waals surface area (Å²) >= 11 is 5.60. The monoisotopic (exact) mass is 394 g/mol. The maximum absolute atomic E-state index is 13.8. The molecule has 2 aromatic carbocycles. The summed E-state index contributed by atoms with van der Waals surface area (Å²) in [6, 6.07) is 12.0. The van der Waals surface area contributed by atoms with Crippen molar-refractivity contribution < 1.29 is 17.6 Å². The molecule has 1 aromatic heterocycles. The van der Waals surface area contributed by atoms with Crippen LogP contribution in [-0.4, -0.2) is 23.9 Å². The molecule has 0 radical (unpaired) electrons. The van der Waals surface area contributed by atoms with Crippen molar-refractivity contribution in [1.82, 2.24) is 19.8 Å². The van der Waals surface area contributed by atoms with Gasteiger partial charge in [-0.25, -0.2) is 17.8 Å². The summed E-state index contributed by atoms with van der Waals surface area (Å²) in [6.45, 7) is 0. The van der Waals surface area contributed by atoms with Crippen molar-refractivity contribution >= 4 is 27.5 Å².